The molecule has 0 aliphatic heterocycles. The minimum atomic E-state index is -3.71. The SMILES string of the molecule is CCN(CC)S(=O)(=O)c1cc(C(=O)N[C@@H](CC(C)C)C(=O)O)ccc1C. The van der Waals surface area contributed by atoms with E-state index in [0.29, 0.717) is 18.7 Å². The zero-order valence-electron chi connectivity index (χ0n) is 15.9. The molecule has 0 bridgehead atoms. The first-order valence-electron chi connectivity index (χ1n) is 8.69. The van der Waals surface area contributed by atoms with E-state index in [4.69, 9.17) is 0 Å². The van der Waals surface area contributed by atoms with Crippen LogP contribution in [0.3, 0.4) is 0 Å². The summed E-state index contributed by atoms with van der Waals surface area (Å²) in [7, 11) is -3.71. The molecule has 146 valence electrons. The minimum absolute atomic E-state index is 0.0598. The third-order valence-electron chi connectivity index (χ3n) is 4.08. The Morgan fingerprint density at radius 3 is 2.23 bits per heavy atom. The number of aryl methyl sites for hydroxylation is 1. The van der Waals surface area contributed by atoms with Crippen LogP contribution in [-0.4, -0.2) is 48.8 Å². The third-order valence-corrected chi connectivity index (χ3v) is 6.28. The smallest absolute Gasteiger partial charge is 0.326 e. The molecular weight excluding hydrogens is 356 g/mol. The second-order valence-electron chi connectivity index (χ2n) is 6.56. The Hall–Kier alpha value is -1.93. The van der Waals surface area contributed by atoms with Gasteiger partial charge in [0.1, 0.15) is 6.04 Å². The van der Waals surface area contributed by atoms with Crippen molar-refractivity contribution in [1.82, 2.24) is 9.62 Å². The molecular formula is C18H28N2O5S. The number of sulfonamides is 1. The highest BCUT2D eigenvalue weighted by Gasteiger charge is 2.26. The summed E-state index contributed by atoms with van der Waals surface area (Å²) in [6.07, 6.45) is 0.289. The van der Waals surface area contributed by atoms with Crippen molar-refractivity contribution in [2.75, 3.05) is 13.1 Å². The highest BCUT2D eigenvalue weighted by atomic mass is 32.2. The molecule has 0 spiro atoms. The van der Waals surface area contributed by atoms with E-state index >= 15 is 0 Å². The van der Waals surface area contributed by atoms with Gasteiger partial charge >= 0.3 is 5.97 Å². The van der Waals surface area contributed by atoms with Crippen LogP contribution in [0.15, 0.2) is 23.1 Å². The molecule has 0 saturated carbocycles. The summed E-state index contributed by atoms with van der Waals surface area (Å²) in [6.45, 7) is 9.53. The molecule has 0 radical (unpaired) electrons. The molecule has 8 heteroatoms. The second kappa shape index (κ2) is 9.14. The van der Waals surface area contributed by atoms with Gasteiger partial charge in [-0.15, -0.1) is 0 Å². The van der Waals surface area contributed by atoms with Gasteiger partial charge in [-0.1, -0.05) is 33.8 Å². The summed E-state index contributed by atoms with van der Waals surface area (Å²) < 4.78 is 26.8. The van der Waals surface area contributed by atoms with E-state index in [0.717, 1.165) is 0 Å². The van der Waals surface area contributed by atoms with Crippen LogP contribution in [0.25, 0.3) is 0 Å². The fraction of sp³-hybridized carbons (Fsp3) is 0.556. The molecule has 2 N–H and O–H groups in total. The van der Waals surface area contributed by atoms with Gasteiger partial charge in [0.25, 0.3) is 5.91 Å². The minimum Gasteiger partial charge on any atom is -0.480 e. The van der Waals surface area contributed by atoms with Crippen LogP contribution in [0.2, 0.25) is 0 Å². The van der Waals surface area contributed by atoms with E-state index in [1.54, 1.807) is 26.8 Å². The first kappa shape index (κ1) is 22.1. The molecule has 7 nitrogen and oxygen atoms in total. The average molecular weight is 384 g/mol. The summed E-state index contributed by atoms with van der Waals surface area (Å²) in [4.78, 5) is 23.8. The Kier molecular flexibility index (Phi) is 7.77. The number of amides is 1. The molecule has 0 unspecified atom stereocenters. The molecule has 1 amide bonds. The van der Waals surface area contributed by atoms with Gasteiger partial charge in [-0.2, -0.15) is 4.31 Å². The van der Waals surface area contributed by atoms with Crippen molar-refractivity contribution in [1.29, 1.82) is 0 Å². The van der Waals surface area contributed by atoms with Crippen molar-refractivity contribution >= 4 is 21.9 Å². The molecule has 1 atom stereocenters. The lowest BCUT2D eigenvalue weighted by Gasteiger charge is -2.21. The van der Waals surface area contributed by atoms with Gasteiger partial charge in [0.15, 0.2) is 0 Å². The van der Waals surface area contributed by atoms with Crippen LogP contribution >= 0.6 is 0 Å². The molecule has 0 heterocycles. The molecule has 1 rings (SSSR count). The number of hydrogen-bond acceptors (Lipinski definition) is 4. The maximum Gasteiger partial charge on any atom is 0.326 e. The number of nitrogens with zero attached hydrogens (tertiary/aromatic N) is 1. The lowest BCUT2D eigenvalue weighted by Crippen LogP contribution is -2.41. The average Bonchev–Trinajstić information content (AvgIpc) is 2.54. The Morgan fingerprint density at radius 1 is 1.19 bits per heavy atom. The number of rotatable bonds is 9. The van der Waals surface area contributed by atoms with Crippen LogP contribution in [0, 0.1) is 12.8 Å². The van der Waals surface area contributed by atoms with Gasteiger partial charge in [0, 0.05) is 18.7 Å². The van der Waals surface area contributed by atoms with E-state index in [-0.39, 0.29) is 22.8 Å². The van der Waals surface area contributed by atoms with Gasteiger partial charge in [-0.3, -0.25) is 4.79 Å². The summed E-state index contributed by atoms with van der Waals surface area (Å²) in [6, 6.07) is 3.35. The van der Waals surface area contributed by atoms with Crippen LogP contribution in [0.1, 0.15) is 50.0 Å². The maximum absolute atomic E-state index is 12.8. The van der Waals surface area contributed by atoms with E-state index in [9.17, 15) is 23.1 Å². The molecule has 0 aliphatic carbocycles. The standard InChI is InChI=1S/C18H28N2O5S/c1-6-20(7-2)26(24,25)16-11-14(9-8-13(16)5)17(21)19-15(18(22)23)10-12(3)4/h8-9,11-12,15H,6-7,10H2,1-5H3,(H,19,21)(H,22,23)/t15-/m0/s1. The third kappa shape index (κ3) is 5.28. The zero-order valence-corrected chi connectivity index (χ0v) is 16.8. The van der Waals surface area contributed by atoms with Gasteiger partial charge in [-0.05, 0) is 37.0 Å². The van der Waals surface area contributed by atoms with Crippen molar-refractivity contribution < 1.29 is 23.1 Å². The Bertz CT molecular complexity index is 755. The van der Waals surface area contributed by atoms with Crippen LogP contribution in [0.4, 0.5) is 0 Å². The second-order valence-corrected chi connectivity index (χ2v) is 8.47. The van der Waals surface area contributed by atoms with Crippen LogP contribution in [0.5, 0.6) is 0 Å². The van der Waals surface area contributed by atoms with Gasteiger partial charge in [0.2, 0.25) is 10.0 Å². The zero-order chi connectivity index (χ0) is 20.1. The number of aliphatic carboxylic acids is 1. The fourth-order valence-corrected chi connectivity index (χ4v) is 4.37. The molecule has 1 aromatic rings. The summed E-state index contributed by atoms with van der Waals surface area (Å²) in [5.74, 6) is -1.63. The molecule has 0 saturated heterocycles. The Morgan fingerprint density at radius 2 is 1.77 bits per heavy atom. The van der Waals surface area contributed by atoms with Crippen molar-refractivity contribution in [2.45, 2.75) is 52.0 Å². The van der Waals surface area contributed by atoms with Crippen molar-refractivity contribution in [3.05, 3.63) is 29.3 Å². The first-order chi connectivity index (χ1) is 12.0. The topological polar surface area (TPSA) is 104 Å². The van der Waals surface area contributed by atoms with E-state index in [2.05, 4.69) is 5.32 Å². The molecule has 0 fully saturated rings. The van der Waals surface area contributed by atoms with Crippen molar-refractivity contribution in [3.63, 3.8) is 0 Å². The largest absolute Gasteiger partial charge is 0.480 e. The van der Waals surface area contributed by atoms with E-state index in [1.807, 2.05) is 13.8 Å². The van der Waals surface area contributed by atoms with Crippen molar-refractivity contribution in [2.24, 2.45) is 5.92 Å². The molecule has 0 aromatic heterocycles. The predicted octanol–water partition coefficient (Wildman–Crippen LogP) is 2.25. The van der Waals surface area contributed by atoms with Gasteiger partial charge < -0.3 is 10.4 Å². The normalized spacial score (nSPS) is 13.0. The summed E-state index contributed by atoms with van der Waals surface area (Å²) in [5, 5.41) is 11.7. The number of carboxylic acids is 1. The molecule has 0 aliphatic rings. The number of hydrogen-bond donors (Lipinski definition) is 2. The van der Waals surface area contributed by atoms with E-state index < -0.39 is 27.9 Å². The van der Waals surface area contributed by atoms with Gasteiger partial charge in [0.05, 0.1) is 4.90 Å². The molecule has 1 aromatic carbocycles. The monoisotopic (exact) mass is 384 g/mol. The lowest BCUT2D eigenvalue weighted by molar-refractivity contribution is -0.139. The number of carbonyl (C=O) groups is 2. The fourth-order valence-electron chi connectivity index (χ4n) is 2.66. The summed E-state index contributed by atoms with van der Waals surface area (Å²) >= 11 is 0. The first-order valence-corrected chi connectivity index (χ1v) is 10.1. The van der Waals surface area contributed by atoms with E-state index in [1.165, 1.54) is 16.4 Å². The predicted molar refractivity (Wildman–Crippen MR) is 99.6 cm³/mol. The lowest BCUT2D eigenvalue weighted by atomic mass is 10.0. The number of benzene rings is 1. The number of nitrogens with one attached hydrogen (secondary N) is 1. The summed E-state index contributed by atoms with van der Waals surface area (Å²) in [5.41, 5.74) is 0.654. The van der Waals surface area contributed by atoms with Gasteiger partial charge in [-0.25, -0.2) is 13.2 Å². The number of carboxylic acid groups (broad SMARTS) is 1. The van der Waals surface area contributed by atoms with Crippen LogP contribution in [-0.2, 0) is 14.8 Å². The van der Waals surface area contributed by atoms with Crippen molar-refractivity contribution in [3.8, 4) is 0 Å². The Labute approximate surface area is 155 Å². The highest BCUT2D eigenvalue weighted by molar-refractivity contribution is 7.89. The maximum atomic E-state index is 12.8. The molecule has 26 heavy (non-hydrogen) atoms. The quantitative estimate of drug-likeness (QED) is 0.680. The highest BCUT2D eigenvalue weighted by Crippen LogP contribution is 2.21. The Balaban J connectivity index is 3.20. The number of carbonyl (C=O) groups excluding carboxylic acids is 1. The van der Waals surface area contributed by atoms with Crippen LogP contribution < -0.4 is 5.32 Å².